The van der Waals surface area contributed by atoms with Crippen molar-refractivity contribution in [1.29, 1.82) is 0 Å². The van der Waals surface area contributed by atoms with Gasteiger partial charge in [0.05, 0.1) is 17.1 Å². The van der Waals surface area contributed by atoms with Crippen molar-refractivity contribution >= 4 is 15.6 Å². The molecule has 1 heterocycles. The molecule has 3 rings (SSSR count). The van der Waals surface area contributed by atoms with Crippen LogP contribution in [0.5, 0.6) is 0 Å². The molecule has 0 bridgehead atoms. The van der Waals surface area contributed by atoms with Crippen LogP contribution in [-0.4, -0.2) is 50.2 Å². The average Bonchev–Trinajstić information content (AvgIpc) is 2.78. The number of sulfone groups is 1. The van der Waals surface area contributed by atoms with Crippen LogP contribution in [-0.2, 0) is 24.1 Å². The van der Waals surface area contributed by atoms with E-state index in [1.165, 1.54) is 17.7 Å². The van der Waals surface area contributed by atoms with Gasteiger partial charge in [-0.05, 0) is 70.9 Å². The van der Waals surface area contributed by atoms with Crippen LogP contribution in [0.3, 0.4) is 0 Å². The van der Waals surface area contributed by atoms with E-state index in [4.69, 9.17) is 9.47 Å². The summed E-state index contributed by atoms with van der Waals surface area (Å²) in [6.45, 7) is 4.59. The van der Waals surface area contributed by atoms with Gasteiger partial charge in [-0.15, -0.1) is 0 Å². The Bertz CT molecular complexity index is 950. The first-order chi connectivity index (χ1) is 15.6. The first kappa shape index (κ1) is 25.8. The lowest BCUT2D eigenvalue weighted by molar-refractivity contribution is -0.167. The van der Waals surface area contributed by atoms with Crippen LogP contribution in [0.2, 0.25) is 0 Å². The van der Waals surface area contributed by atoms with Crippen LogP contribution in [0.15, 0.2) is 58.5 Å². The standard InChI is InChI=1S/C26H36O6S/c1-26(2,28)15-8-9-20-13-14-23(21(17-20)18-32-25-12-6-7-16-31-25)24(27)19-33(29,30)22-10-4-3-5-11-22/h3-5,10-11,13-14,21,25,28H,6-9,12,15-19H2,1-2H3/t21-,25?/m1/s1. The lowest BCUT2D eigenvalue weighted by atomic mass is 9.83. The topological polar surface area (TPSA) is 89.9 Å². The van der Waals surface area contributed by atoms with Gasteiger partial charge in [0.2, 0.25) is 0 Å². The molecule has 1 fully saturated rings. The first-order valence-electron chi connectivity index (χ1n) is 11.8. The third-order valence-electron chi connectivity index (χ3n) is 6.10. The number of allylic oxidation sites excluding steroid dienone is 3. The molecule has 1 unspecified atom stereocenters. The molecule has 182 valence electrons. The van der Waals surface area contributed by atoms with Gasteiger partial charge in [-0.3, -0.25) is 4.79 Å². The van der Waals surface area contributed by atoms with E-state index in [9.17, 15) is 18.3 Å². The summed E-state index contributed by atoms with van der Waals surface area (Å²) in [5.41, 5.74) is 0.968. The summed E-state index contributed by atoms with van der Waals surface area (Å²) in [4.78, 5) is 13.3. The second-order valence-electron chi connectivity index (χ2n) is 9.64. The molecule has 0 aromatic heterocycles. The van der Waals surface area contributed by atoms with Crippen molar-refractivity contribution in [3.63, 3.8) is 0 Å². The maximum Gasteiger partial charge on any atom is 0.185 e. The highest BCUT2D eigenvalue weighted by molar-refractivity contribution is 7.92. The lowest BCUT2D eigenvalue weighted by Crippen LogP contribution is -2.29. The number of aliphatic hydroxyl groups is 1. The van der Waals surface area contributed by atoms with Crippen molar-refractivity contribution in [3.05, 3.63) is 53.6 Å². The molecule has 1 saturated heterocycles. The van der Waals surface area contributed by atoms with Crippen LogP contribution in [0.1, 0.15) is 58.8 Å². The van der Waals surface area contributed by atoms with Crippen molar-refractivity contribution in [3.8, 4) is 0 Å². The Morgan fingerprint density at radius 1 is 1.18 bits per heavy atom. The molecule has 1 aromatic rings. The van der Waals surface area contributed by atoms with Crippen LogP contribution in [0.25, 0.3) is 0 Å². The van der Waals surface area contributed by atoms with Crippen molar-refractivity contribution in [2.24, 2.45) is 5.92 Å². The van der Waals surface area contributed by atoms with Gasteiger partial charge >= 0.3 is 0 Å². The van der Waals surface area contributed by atoms with Gasteiger partial charge in [-0.1, -0.05) is 35.9 Å². The molecule has 6 nitrogen and oxygen atoms in total. The summed E-state index contributed by atoms with van der Waals surface area (Å²) in [5.74, 6) is -1.15. The maximum absolute atomic E-state index is 13.1. The highest BCUT2D eigenvalue weighted by Gasteiger charge is 2.30. The van der Waals surface area contributed by atoms with Gasteiger partial charge in [0.15, 0.2) is 21.9 Å². The fourth-order valence-electron chi connectivity index (χ4n) is 4.27. The number of rotatable bonds is 11. The van der Waals surface area contributed by atoms with Gasteiger partial charge in [0.25, 0.3) is 0 Å². The first-order valence-corrected chi connectivity index (χ1v) is 13.5. The fourth-order valence-corrected chi connectivity index (χ4v) is 5.52. The van der Waals surface area contributed by atoms with Gasteiger partial charge < -0.3 is 14.6 Å². The quantitative estimate of drug-likeness (QED) is 0.510. The fraction of sp³-hybridized carbons (Fsp3) is 0.577. The molecule has 2 atom stereocenters. The third kappa shape index (κ3) is 8.18. The molecule has 1 N–H and O–H groups in total. The number of hydrogen-bond acceptors (Lipinski definition) is 6. The Morgan fingerprint density at radius 2 is 1.94 bits per heavy atom. The van der Waals surface area contributed by atoms with Crippen molar-refractivity contribution in [2.45, 2.75) is 75.6 Å². The molecule has 1 aliphatic carbocycles. The predicted octanol–water partition coefficient (Wildman–Crippen LogP) is 4.39. The largest absolute Gasteiger partial charge is 0.390 e. The molecule has 7 heteroatoms. The van der Waals surface area contributed by atoms with E-state index in [-0.39, 0.29) is 22.9 Å². The zero-order valence-electron chi connectivity index (χ0n) is 19.7. The van der Waals surface area contributed by atoms with E-state index in [0.29, 0.717) is 31.6 Å². The minimum absolute atomic E-state index is 0.154. The van der Waals surface area contributed by atoms with E-state index in [0.717, 1.165) is 32.1 Å². The lowest BCUT2D eigenvalue weighted by Gasteiger charge is -2.28. The minimum atomic E-state index is -3.72. The SMILES string of the molecule is CC(C)(O)CCCC1=CC=C(C(=O)CS(=O)(=O)c2ccccc2)[C@@H](COC2CCCCO2)C1. The van der Waals surface area contributed by atoms with Gasteiger partial charge in [0.1, 0.15) is 5.75 Å². The molecule has 0 saturated carbocycles. The number of benzene rings is 1. The van der Waals surface area contributed by atoms with Gasteiger partial charge in [0, 0.05) is 18.1 Å². The second-order valence-corrected chi connectivity index (χ2v) is 11.6. The van der Waals surface area contributed by atoms with E-state index >= 15 is 0 Å². The number of ether oxygens (including phenoxy) is 2. The normalized spacial score (nSPS) is 21.9. The number of ketones is 1. The summed E-state index contributed by atoms with van der Waals surface area (Å²) in [7, 11) is -3.72. The number of carbonyl (C=O) groups excluding carboxylic acids is 1. The van der Waals surface area contributed by atoms with E-state index in [1.807, 2.05) is 6.08 Å². The van der Waals surface area contributed by atoms with Crippen LogP contribution >= 0.6 is 0 Å². The van der Waals surface area contributed by atoms with E-state index in [1.54, 1.807) is 38.1 Å². The highest BCUT2D eigenvalue weighted by atomic mass is 32.2. The van der Waals surface area contributed by atoms with Crippen molar-refractivity contribution in [1.82, 2.24) is 0 Å². The van der Waals surface area contributed by atoms with Crippen LogP contribution < -0.4 is 0 Å². The summed E-state index contributed by atoms with van der Waals surface area (Å²) in [6.07, 6.45) is 9.32. The zero-order valence-corrected chi connectivity index (χ0v) is 20.5. The minimum Gasteiger partial charge on any atom is -0.390 e. The monoisotopic (exact) mass is 476 g/mol. The average molecular weight is 477 g/mol. The number of Topliss-reactive ketones (excluding diaryl/α,β-unsaturated/α-hetero) is 1. The van der Waals surface area contributed by atoms with Crippen LogP contribution in [0.4, 0.5) is 0 Å². The summed E-state index contributed by atoms with van der Waals surface area (Å²) in [5, 5.41) is 9.98. The summed E-state index contributed by atoms with van der Waals surface area (Å²) in [6, 6.07) is 8.08. The highest BCUT2D eigenvalue weighted by Crippen LogP contribution is 2.31. The predicted molar refractivity (Wildman–Crippen MR) is 127 cm³/mol. The van der Waals surface area contributed by atoms with Crippen molar-refractivity contribution in [2.75, 3.05) is 19.0 Å². The molecular formula is C26H36O6S. The van der Waals surface area contributed by atoms with Crippen molar-refractivity contribution < 1.29 is 27.8 Å². The summed E-state index contributed by atoms with van der Waals surface area (Å²) < 4.78 is 37.2. The molecular weight excluding hydrogens is 440 g/mol. The molecule has 0 amide bonds. The Balaban J connectivity index is 1.71. The molecule has 33 heavy (non-hydrogen) atoms. The Kier molecular flexibility index (Phi) is 9.04. The third-order valence-corrected chi connectivity index (χ3v) is 7.73. The van der Waals surface area contributed by atoms with E-state index in [2.05, 4.69) is 0 Å². The molecule has 1 aliphatic heterocycles. The molecule has 0 spiro atoms. The summed E-state index contributed by atoms with van der Waals surface area (Å²) >= 11 is 0. The van der Waals surface area contributed by atoms with Gasteiger partial charge in [-0.2, -0.15) is 0 Å². The Morgan fingerprint density at radius 3 is 2.61 bits per heavy atom. The zero-order chi connectivity index (χ0) is 23.9. The van der Waals surface area contributed by atoms with E-state index < -0.39 is 21.2 Å². The number of carbonyl (C=O) groups is 1. The number of hydrogen-bond donors (Lipinski definition) is 1. The molecule has 0 radical (unpaired) electrons. The maximum atomic E-state index is 13.1. The van der Waals surface area contributed by atoms with Gasteiger partial charge in [-0.25, -0.2) is 8.42 Å². The molecule has 1 aromatic carbocycles. The second kappa shape index (κ2) is 11.6. The Hall–Kier alpha value is -1.80. The smallest absolute Gasteiger partial charge is 0.185 e. The molecule has 2 aliphatic rings. The Labute approximate surface area is 197 Å². The van der Waals surface area contributed by atoms with Crippen LogP contribution in [0, 0.1) is 5.92 Å².